The molecule has 1 N–H and O–H groups in total. The van der Waals surface area contributed by atoms with Gasteiger partial charge in [-0.05, 0) is 19.4 Å². The Morgan fingerprint density at radius 1 is 1.11 bits per heavy atom. The Balaban J connectivity index is 1.93. The van der Waals surface area contributed by atoms with Gasteiger partial charge in [0, 0.05) is 26.2 Å². The summed E-state index contributed by atoms with van der Waals surface area (Å²) in [6.07, 6.45) is 2.26. The number of hydrogen-bond donors (Lipinski definition) is 1. The highest BCUT2D eigenvalue weighted by Crippen LogP contribution is 2.33. The van der Waals surface area contributed by atoms with Crippen LogP contribution in [0.5, 0.6) is 0 Å². The van der Waals surface area contributed by atoms with E-state index in [2.05, 4.69) is 11.8 Å². The lowest BCUT2D eigenvalue weighted by Crippen LogP contribution is -2.50. The highest BCUT2D eigenvalue weighted by atomic mass is 16.4. The summed E-state index contributed by atoms with van der Waals surface area (Å²) in [7, 11) is 0. The van der Waals surface area contributed by atoms with E-state index in [0.717, 1.165) is 45.6 Å². The summed E-state index contributed by atoms with van der Waals surface area (Å²) in [5, 5.41) is 9.13. The van der Waals surface area contributed by atoms with Crippen LogP contribution in [0.3, 0.4) is 0 Å². The van der Waals surface area contributed by atoms with Crippen LogP contribution in [0, 0.1) is 11.8 Å². The van der Waals surface area contributed by atoms with Crippen molar-refractivity contribution >= 4 is 11.9 Å². The third-order valence-corrected chi connectivity index (χ3v) is 4.28. The predicted molar refractivity (Wildman–Crippen MR) is 67.2 cm³/mol. The summed E-state index contributed by atoms with van der Waals surface area (Å²) in [5.74, 6) is -1.48. The van der Waals surface area contributed by atoms with Gasteiger partial charge in [-0.25, -0.2) is 0 Å². The Morgan fingerprint density at radius 2 is 1.72 bits per heavy atom. The maximum absolute atomic E-state index is 12.4. The molecule has 5 heteroatoms. The maximum atomic E-state index is 12.4. The fourth-order valence-electron chi connectivity index (χ4n) is 3.07. The second-order valence-corrected chi connectivity index (χ2v) is 5.24. The topological polar surface area (TPSA) is 60.9 Å². The van der Waals surface area contributed by atoms with E-state index in [0.29, 0.717) is 6.42 Å². The first kappa shape index (κ1) is 13.3. The normalized spacial score (nSPS) is 29.5. The predicted octanol–water partition coefficient (Wildman–Crippen LogP) is 0.651. The largest absolute Gasteiger partial charge is 0.481 e. The van der Waals surface area contributed by atoms with E-state index < -0.39 is 11.9 Å². The molecule has 1 saturated heterocycles. The molecular formula is C13H22N2O3. The van der Waals surface area contributed by atoms with E-state index in [1.165, 1.54) is 0 Å². The molecule has 0 bridgehead atoms. The van der Waals surface area contributed by atoms with Gasteiger partial charge in [0.15, 0.2) is 0 Å². The van der Waals surface area contributed by atoms with Gasteiger partial charge in [0.2, 0.25) is 5.91 Å². The number of aliphatic carboxylic acids is 1. The lowest BCUT2D eigenvalue weighted by Gasteiger charge is -2.35. The number of carbonyl (C=O) groups is 2. The van der Waals surface area contributed by atoms with Crippen molar-refractivity contribution in [3.05, 3.63) is 0 Å². The number of likely N-dealkylation sites (N-methyl/N-ethyl adjacent to an activating group) is 1. The third-order valence-electron chi connectivity index (χ3n) is 4.28. The van der Waals surface area contributed by atoms with Gasteiger partial charge >= 0.3 is 5.97 Å². The maximum Gasteiger partial charge on any atom is 0.307 e. The van der Waals surface area contributed by atoms with E-state index >= 15 is 0 Å². The van der Waals surface area contributed by atoms with E-state index in [9.17, 15) is 9.59 Å². The Hall–Kier alpha value is -1.10. The van der Waals surface area contributed by atoms with Crippen molar-refractivity contribution in [3.8, 4) is 0 Å². The molecule has 0 aromatic carbocycles. The van der Waals surface area contributed by atoms with Gasteiger partial charge in [-0.1, -0.05) is 13.3 Å². The molecule has 1 aliphatic heterocycles. The molecule has 5 nitrogen and oxygen atoms in total. The van der Waals surface area contributed by atoms with Crippen LogP contribution in [0.2, 0.25) is 0 Å². The standard InChI is InChI=1S/C13H22N2O3/c1-2-14-6-8-15(9-7-14)12(16)10-4-3-5-11(10)13(17)18/h10-11H,2-9H2,1H3,(H,17,18). The molecule has 2 fully saturated rings. The molecular weight excluding hydrogens is 232 g/mol. The summed E-state index contributed by atoms with van der Waals surface area (Å²) < 4.78 is 0. The highest BCUT2D eigenvalue weighted by molar-refractivity contribution is 5.85. The molecule has 0 radical (unpaired) electrons. The molecule has 1 amide bonds. The Bertz CT molecular complexity index is 324. The van der Waals surface area contributed by atoms with Crippen LogP contribution in [0.1, 0.15) is 26.2 Å². The lowest BCUT2D eigenvalue weighted by atomic mass is 9.94. The Labute approximate surface area is 108 Å². The summed E-state index contributed by atoms with van der Waals surface area (Å²) >= 11 is 0. The van der Waals surface area contributed by atoms with Crippen molar-refractivity contribution in [2.75, 3.05) is 32.7 Å². The van der Waals surface area contributed by atoms with Gasteiger partial charge in [-0.2, -0.15) is 0 Å². The molecule has 2 aliphatic rings. The number of nitrogens with zero attached hydrogens (tertiary/aromatic N) is 2. The minimum absolute atomic E-state index is 0.0654. The van der Waals surface area contributed by atoms with Crippen LogP contribution < -0.4 is 0 Å². The number of carbonyl (C=O) groups excluding carboxylic acids is 1. The summed E-state index contributed by atoms with van der Waals surface area (Å²) in [6, 6.07) is 0. The molecule has 102 valence electrons. The molecule has 18 heavy (non-hydrogen) atoms. The zero-order valence-corrected chi connectivity index (χ0v) is 11.0. The Morgan fingerprint density at radius 3 is 2.28 bits per heavy atom. The average molecular weight is 254 g/mol. The number of hydrogen-bond acceptors (Lipinski definition) is 3. The summed E-state index contributed by atoms with van der Waals surface area (Å²) in [5.41, 5.74) is 0. The second-order valence-electron chi connectivity index (χ2n) is 5.24. The lowest BCUT2D eigenvalue weighted by molar-refractivity contribution is -0.149. The molecule has 0 spiro atoms. The molecule has 1 aliphatic carbocycles. The fraction of sp³-hybridized carbons (Fsp3) is 0.846. The number of piperazine rings is 1. The average Bonchev–Trinajstić information content (AvgIpc) is 2.87. The van der Waals surface area contributed by atoms with Crippen LogP contribution in [0.15, 0.2) is 0 Å². The summed E-state index contributed by atoms with van der Waals surface area (Å²) in [6.45, 7) is 6.45. The number of amides is 1. The fourth-order valence-corrected chi connectivity index (χ4v) is 3.07. The van der Waals surface area contributed by atoms with Gasteiger partial charge in [0.25, 0.3) is 0 Å². The third kappa shape index (κ3) is 2.66. The Kier molecular flexibility index (Phi) is 4.22. The van der Waals surface area contributed by atoms with Crippen molar-refractivity contribution in [3.63, 3.8) is 0 Å². The monoisotopic (exact) mass is 254 g/mol. The van der Waals surface area contributed by atoms with Crippen molar-refractivity contribution in [2.45, 2.75) is 26.2 Å². The first-order valence-corrected chi connectivity index (χ1v) is 6.87. The zero-order chi connectivity index (χ0) is 13.1. The highest BCUT2D eigenvalue weighted by Gasteiger charge is 2.40. The number of carboxylic acid groups (broad SMARTS) is 1. The van der Waals surface area contributed by atoms with Crippen LogP contribution in [0.25, 0.3) is 0 Å². The second kappa shape index (κ2) is 5.69. The van der Waals surface area contributed by atoms with Gasteiger partial charge < -0.3 is 14.9 Å². The minimum Gasteiger partial charge on any atom is -0.481 e. The smallest absolute Gasteiger partial charge is 0.307 e. The van der Waals surface area contributed by atoms with E-state index in [4.69, 9.17) is 5.11 Å². The molecule has 2 rings (SSSR count). The van der Waals surface area contributed by atoms with Crippen LogP contribution in [-0.2, 0) is 9.59 Å². The van der Waals surface area contributed by atoms with Gasteiger partial charge in [-0.15, -0.1) is 0 Å². The van der Waals surface area contributed by atoms with Gasteiger partial charge in [0.05, 0.1) is 11.8 Å². The summed E-state index contributed by atoms with van der Waals surface area (Å²) in [4.78, 5) is 27.6. The SMILES string of the molecule is CCN1CCN(C(=O)C2CCCC2C(=O)O)CC1. The quantitative estimate of drug-likeness (QED) is 0.803. The van der Waals surface area contributed by atoms with Crippen LogP contribution in [-0.4, -0.2) is 59.5 Å². The molecule has 1 saturated carbocycles. The van der Waals surface area contributed by atoms with Gasteiger partial charge in [0.1, 0.15) is 0 Å². The number of rotatable bonds is 3. The van der Waals surface area contributed by atoms with Crippen molar-refractivity contribution in [2.24, 2.45) is 11.8 Å². The first-order chi connectivity index (χ1) is 8.63. The van der Waals surface area contributed by atoms with Crippen molar-refractivity contribution in [1.82, 2.24) is 9.80 Å². The minimum atomic E-state index is -0.807. The van der Waals surface area contributed by atoms with Crippen molar-refractivity contribution < 1.29 is 14.7 Å². The van der Waals surface area contributed by atoms with E-state index in [-0.39, 0.29) is 11.8 Å². The van der Waals surface area contributed by atoms with E-state index in [1.54, 1.807) is 0 Å². The zero-order valence-electron chi connectivity index (χ0n) is 11.0. The van der Waals surface area contributed by atoms with E-state index in [1.807, 2.05) is 4.90 Å². The number of carboxylic acids is 1. The first-order valence-electron chi connectivity index (χ1n) is 6.87. The van der Waals surface area contributed by atoms with Gasteiger partial charge in [-0.3, -0.25) is 9.59 Å². The molecule has 2 unspecified atom stereocenters. The molecule has 0 aromatic rings. The van der Waals surface area contributed by atoms with Crippen molar-refractivity contribution in [1.29, 1.82) is 0 Å². The van der Waals surface area contributed by atoms with Crippen LogP contribution in [0.4, 0.5) is 0 Å². The molecule has 2 atom stereocenters. The molecule has 1 heterocycles. The molecule has 0 aromatic heterocycles. The van der Waals surface area contributed by atoms with Crippen LogP contribution >= 0.6 is 0 Å².